The molecule has 1 rings (SSSR count). The maximum absolute atomic E-state index is 10.4. The van der Waals surface area contributed by atoms with Gasteiger partial charge in [0.2, 0.25) is 0 Å². The van der Waals surface area contributed by atoms with E-state index in [4.69, 9.17) is 11.6 Å². The summed E-state index contributed by atoms with van der Waals surface area (Å²) < 4.78 is 1.43. The molecule has 0 bridgehead atoms. The Morgan fingerprint density at radius 2 is 1.93 bits per heavy atom. The van der Waals surface area contributed by atoms with Crippen LogP contribution >= 0.6 is 11.6 Å². The van der Waals surface area contributed by atoms with Gasteiger partial charge >= 0.3 is 96.0 Å². The van der Waals surface area contributed by atoms with Crippen LogP contribution in [0, 0.1) is 0 Å². The fourth-order valence-corrected chi connectivity index (χ4v) is 3.17. The zero-order valence-electron chi connectivity index (χ0n) is 7.91. The van der Waals surface area contributed by atoms with Gasteiger partial charge in [-0.3, -0.25) is 0 Å². The summed E-state index contributed by atoms with van der Waals surface area (Å²) in [5.74, 6) is 0. The first-order valence-corrected chi connectivity index (χ1v) is 7.10. The summed E-state index contributed by atoms with van der Waals surface area (Å²) in [7, 11) is 0. The van der Waals surface area contributed by atoms with Crippen molar-refractivity contribution < 1.29 is 4.79 Å². The SMILES string of the molecule is O=C(Cl)CCCC[Se]c1ccccc1. The third-order valence-corrected chi connectivity index (χ3v) is 4.27. The molecule has 0 radical (unpaired) electrons. The van der Waals surface area contributed by atoms with Crippen molar-refractivity contribution in [2.45, 2.75) is 24.6 Å². The predicted molar refractivity (Wildman–Crippen MR) is 61.3 cm³/mol. The summed E-state index contributed by atoms with van der Waals surface area (Å²) in [5, 5.41) is 0.985. The van der Waals surface area contributed by atoms with Crippen molar-refractivity contribution >= 4 is 36.3 Å². The molecule has 1 aromatic rings. The number of unbranched alkanes of at least 4 members (excludes halogenated alkanes) is 1. The van der Waals surface area contributed by atoms with Gasteiger partial charge in [-0.1, -0.05) is 0 Å². The van der Waals surface area contributed by atoms with Gasteiger partial charge in [0.25, 0.3) is 0 Å². The summed E-state index contributed by atoms with van der Waals surface area (Å²) in [6.07, 6.45) is 2.55. The molecule has 0 amide bonds. The molecule has 0 spiro atoms. The van der Waals surface area contributed by atoms with Crippen molar-refractivity contribution in [3.63, 3.8) is 0 Å². The first kappa shape index (κ1) is 11.8. The molecule has 3 heteroatoms. The average Bonchev–Trinajstić information content (AvgIpc) is 2.18. The standard InChI is InChI=1S/C11H13ClOSe/c12-11(13)8-4-5-9-14-10-6-2-1-3-7-10/h1-3,6-7H,4-5,8-9H2. The van der Waals surface area contributed by atoms with Crippen molar-refractivity contribution in [1.82, 2.24) is 0 Å². The van der Waals surface area contributed by atoms with Gasteiger partial charge in [0.15, 0.2) is 0 Å². The second-order valence-corrected chi connectivity index (χ2v) is 5.85. The van der Waals surface area contributed by atoms with Gasteiger partial charge in [-0.2, -0.15) is 0 Å². The van der Waals surface area contributed by atoms with Crippen molar-refractivity contribution in [1.29, 1.82) is 0 Å². The van der Waals surface area contributed by atoms with E-state index in [1.54, 1.807) is 0 Å². The Morgan fingerprint density at radius 1 is 1.21 bits per heavy atom. The van der Waals surface area contributed by atoms with Gasteiger partial charge in [-0.15, -0.1) is 0 Å². The van der Waals surface area contributed by atoms with Gasteiger partial charge < -0.3 is 0 Å². The Balaban J connectivity index is 2.08. The van der Waals surface area contributed by atoms with Crippen molar-refractivity contribution in [2.24, 2.45) is 0 Å². The molecule has 0 unspecified atom stereocenters. The molecule has 0 heterocycles. The Morgan fingerprint density at radius 3 is 2.57 bits per heavy atom. The molecule has 1 aromatic carbocycles. The second-order valence-electron chi connectivity index (χ2n) is 2.97. The minimum absolute atomic E-state index is 0.211. The molecule has 0 atom stereocenters. The molecule has 0 aliphatic rings. The maximum atomic E-state index is 10.4. The average molecular weight is 276 g/mol. The van der Waals surface area contributed by atoms with Crippen LogP contribution in [0.2, 0.25) is 5.32 Å². The van der Waals surface area contributed by atoms with Gasteiger partial charge in [-0.25, -0.2) is 0 Å². The molecule has 0 aliphatic carbocycles. The first-order chi connectivity index (χ1) is 6.79. The van der Waals surface area contributed by atoms with Gasteiger partial charge in [0, 0.05) is 0 Å². The summed E-state index contributed by atoms with van der Waals surface area (Å²) in [5.41, 5.74) is 0. The predicted octanol–water partition coefficient (Wildman–Crippen LogP) is 2.37. The number of carbonyl (C=O) groups excluding carboxylic acids is 1. The number of halogens is 1. The summed E-state index contributed by atoms with van der Waals surface area (Å²) in [4.78, 5) is 10.4. The Bertz CT molecular complexity index is 274. The fourth-order valence-electron chi connectivity index (χ4n) is 1.07. The molecule has 0 saturated heterocycles. The number of hydrogen-bond donors (Lipinski definition) is 0. The van der Waals surface area contributed by atoms with Crippen molar-refractivity contribution in [2.75, 3.05) is 0 Å². The van der Waals surface area contributed by atoms with E-state index in [0.29, 0.717) is 21.4 Å². The normalized spacial score (nSPS) is 10.1. The monoisotopic (exact) mass is 276 g/mol. The summed E-state index contributed by atoms with van der Waals surface area (Å²) >= 11 is 5.79. The molecule has 0 N–H and O–H groups in total. The van der Waals surface area contributed by atoms with E-state index in [1.807, 2.05) is 6.07 Å². The van der Waals surface area contributed by atoms with E-state index >= 15 is 0 Å². The van der Waals surface area contributed by atoms with E-state index in [9.17, 15) is 4.79 Å². The van der Waals surface area contributed by atoms with Gasteiger partial charge in [0.1, 0.15) is 0 Å². The number of rotatable bonds is 6. The minimum atomic E-state index is -0.211. The molecule has 0 saturated carbocycles. The summed E-state index contributed by atoms with van der Waals surface area (Å²) in [6, 6.07) is 10.5. The van der Waals surface area contributed by atoms with Crippen LogP contribution in [0.3, 0.4) is 0 Å². The van der Waals surface area contributed by atoms with Crippen molar-refractivity contribution in [3.8, 4) is 0 Å². The third-order valence-electron chi connectivity index (χ3n) is 1.78. The molecule has 1 nitrogen and oxygen atoms in total. The summed E-state index contributed by atoms with van der Waals surface area (Å²) in [6.45, 7) is 0. The quantitative estimate of drug-likeness (QED) is 0.443. The molecule has 0 aliphatic heterocycles. The van der Waals surface area contributed by atoms with Crippen LogP contribution in [-0.2, 0) is 4.79 Å². The molecule has 76 valence electrons. The fraction of sp³-hybridized carbons (Fsp3) is 0.364. The Labute approximate surface area is 96.0 Å². The van der Waals surface area contributed by atoms with E-state index < -0.39 is 0 Å². The Hall–Kier alpha value is -0.301. The van der Waals surface area contributed by atoms with E-state index in [1.165, 1.54) is 9.78 Å². The van der Waals surface area contributed by atoms with Crippen LogP contribution in [0.5, 0.6) is 0 Å². The topological polar surface area (TPSA) is 17.1 Å². The molecular formula is C11H13ClOSe. The number of carbonyl (C=O) groups is 1. The van der Waals surface area contributed by atoms with Crippen LogP contribution in [0.25, 0.3) is 0 Å². The third kappa shape index (κ3) is 5.43. The van der Waals surface area contributed by atoms with Gasteiger partial charge in [0.05, 0.1) is 0 Å². The zero-order valence-corrected chi connectivity index (χ0v) is 10.4. The second kappa shape index (κ2) is 7.05. The van der Waals surface area contributed by atoms with E-state index in [2.05, 4.69) is 24.3 Å². The number of hydrogen-bond acceptors (Lipinski definition) is 1. The Kier molecular flexibility index (Phi) is 5.93. The molecular weight excluding hydrogens is 263 g/mol. The molecule has 0 aromatic heterocycles. The van der Waals surface area contributed by atoms with Crippen LogP contribution in [0.15, 0.2) is 30.3 Å². The van der Waals surface area contributed by atoms with Crippen LogP contribution < -0.4 is 4.46 Å². The molecule has 14 heavy (non-hydrogen) atoms. The molecule has 0 fully saturated rings. The first-order valence-electron chi connectivity index (χ1n) is 4.65. The van der Waals surface area contributed by atoms with Gasteiger partial charge in [-0.05, 0) is 0 Å². The van der Waals surface area contributed by atoms with Crippen LogP contribution in [-0.4, -0.2) is 20.2 Å². The van der Waals surface area contributed by atoms with E-state index in [0.717, 1.165) is 12.8 Å². The van der Waals surface area contributed by atoms with Crippen molar-refractivity contribution in [3.05, 3.63) is 30.3 Å². The van der Waals surface area contributed by atoms with E-state index in [-0.39, 0.29) is 5.24 Å². The zero-order chi connectivity index (χ0) is 10.2. The van der Waals surface area contributed by atoms with Crippen LogP contribution in [0.4, 0.5) is 0 Å². The van der Waals surface area contributed by atoms with Crippen LogP contribution in [0.1, 0.15) is 19.3 Å². The number of benzene rings is 1.